The molecule has 0 saturated carbocycles. The molecule has 1 unspecified atom stereocenters. The normalized spacial score (nSPS) is 20.8. The quantitative estimate of drug-likeness (QED) is 0.472. The van der Waals surface area contributed by atoms with Gasteiger partial charge in [0.1, 0.15) is 0 Å². The fraction of sp³-hybridized carbons (Fsp3) is 1.00. The molecule has 1 fully saturated rings. The third-order valence-electron chi connectivity index (χ3n) is 3.27. The second-order valence-electron chi connectivity index (χ2n) is 4.42. The number of hydrogen-bond donors (Lipinski definition) is 0. The summed E-state index contributed by atoms with van der Waals surface area (Å²) in [5.41, 5.74) is 1.03. The minimum absolute atomic E-state index is 0.307. The summed E-state index contributed by atoms with van der Waals surface area (Å²) < 4.78 is 5.54. The largest absolute Gasteiger partial charge is 0.381 e. The minimum Gasteiger partial charge on any atom is -0.381 e. The topological polar surface area (TPSA) is 9.23 Å². The standard InChI is InChI=1S/C11H24OSi/c1-3-7-12-8-6-11(2)13-9-4-5-10-13/h11,13H,3-10H2,1-2H3. The first-order chi connectivity index (χ1) is 6.34. The molecule has 0 N–H and O–H groups in total. The van der Waals surface area contributed by atoms with Gasteiger partial charge in [-0.15, -0.1) is 0 Å². The lowest BCUT2D eigenvalue weighted by Gasteiger charge is -2.16. The highest BCUT2D eigenvalue weighted by Gasteiger charge is 2.22. The summed E-state index contributed by atoms with van der Waals surface area (Å²) in [7, 11) is -0.307. The van der Waals surface area contributed by atoms with Crippen LogP contribution in [0, 0.1) is 0 Å². The summed E-state index contributed by atoms with van der Waals surface area (Å²) in [4.78, 5) is 0. The summed E-state index contributed by atoms with van der Waals surface area (Å²) in [5, 5.41) is 0. The van der Waals surface area contributed by atoms with Crippen molar-refractivity contribution in [3.05, 3.63) is 0 Å². The molecule has 1 rings (SSSR count). The van der Waals surface area contributed by atoms with Gasteiger partial charge in [0, 0.05) is 22.0 Å². The van der Waals surface area contributed by atoms with Gasteiger partial charge in [-0.25, -0.2) is 0 Å². The van der Waals surface area contributed by atoms with Gasteiger partial charge >= 0.3 is 0 Å². The van der Waals surface area contributed by atoms with Crippen LogP contribution in [-0.2, 0) is 4.74 Å². The molecule has 1 saturated heterocycles. The highest BCUT2D eigenvalue weighted by Crippen LogP contribution is 2.30. The Bertz CT molecular complexity index is 121. The summed E-state index contributed by atoms with van der Waals surface area (Å²) in [6, 6.07) is 3.21. The van der Waals surface area contributed by atoms with E-state index in [9.17, 15) is 0 Å². The predicted molar refractivity (Wildman–Crippen MR) is 61.1 cm³/mol. The van der Waals surface area contributed by atoms with Crippen molar-refractivity contribution in [2.45, 2.75) is 57.2 Å². The second kappa shape index (κ2) is 6.60. The zero-order valence-corrected chi connectivity index (χ0v) is 10.4. The molecule has 78 valence electrons. The minimum atomic E-state index is -0.307. The molecule has 0 spiro atoms. The molecular weight excluding hydrogens is 176 g/mol. The first-order valence-corrected chi connectivity index (χ1v) is 8.22. The molecule has 0 radical (unpaired) electrons. The van der Waals surface area contributed by atoms with Crippen molar-refractivity contribution in [2.75, 3.05) is 13.2 Å². The number of hydrogen-bond acceptors (Lipinski definition) is 1. The summed E-state index contributed by atoms with van der Waals surface area (Å²) in [5.74, 6) is 0. The molecule has 1 aliphatic heterocycles. The maximum absolute atomic E-state index is 5.54. The van der Waals surface area contributed by atoms with Crippen LogP contribution in [0.25, 0.3) is 0 Å². The molecule has 0 aromatic carbocycles. The van der Waals surface area contributed by atoms with Crippen molar-refractivity contribution < 1.29 is 4.74 Å². The van der Waals surface area contributed by atoms with Crippen LogP contribution in [0.1, 0.15) is 39.5 Å². The van der Waals surface area contributed by atoms with Gasteiger partial charge in [0.15, 0.2) is 0 Å². The molecule has 1 atom stereocenters. The monoisotopic (exact) mass is 200 g/mol. The average Bonchev–Trinajstić information content (AvgIpc) is 2.65. The Hall–Kier alpha value is 0.177. The molecule has 1 heterocycles. The Balaban J connectivity index is 1.99. The number of rotatable bonds is 6. The van der Waals surface area contributed by atoms with E-state index in [1.807, 2.05) is 0 Å². The molecule has 1 nitrogen and oxygen atoms in total. The highest BCUT2D eigenvalue weighted by atomic mass is 28.3. The van der Waals surface area contributed by atoms with Crippen molar-refractivity contribution in [3.8, 4) is 0 Å². The molecule has 0 bridgehead atoms. The Morgan fingerprint density at radius 2 is 1.92 bits per heavy atom. The van der Waals surface area contributed by atoms with E-state index in [0.29, 0.717) is 0 Å². The molecule has 0 aromatic heterocycles. The van der Waals surface area contributed by atoms with E-state index in [-0.39, 0.29) is 8.80 Å². The first-order valence-electron chi connectivity index (χ1n) is 5.92. The summed E-state index contributed by atoms with van der Waals surface area (Å²) in [6.07, 6.45) is 5.54. The van der Waals surface area contributed by atoms with E-state index in [0.717, 1.165) is 25.2 Å². The molecule has 0 aromatic rings. The van der Waals surface area contributed by atoms with Gasteiger partial charge in [0.05, 0.1) is 0 Å². The molecule has 0 amide bonds. The van der Waals surface area contributed by atoms with Gasteiger partial charge in [-0.3, -0.25) is 0 Å². The Morgan fingerprint density at radius 1 is 1.23 bits per heavy atom. The van der Waals surface area contributed by atoms with Crippen LogP contribution < -0.4 is 0 Å². The number of ether oxygens (including phenoxy) is 1. The average molecular weight is 200 g/mol. The third-order valence-corrected chi connectivity index (χ3v) is 7.51. The van der Waals surface area contributed by atoms with E-state index < -0.39 is 0 Å². The lowest BCUT2D eigenvalue weighted by molar-refractivity contribution is 0.131. The van der Waals surface area contributed by atoms with Gasteiger partial charge in [-0.1, -0.05) is 38.8 Å². The van der Waals surface area contributed by atoms with Crippen LogP contribution in [0.3, 0.4) is 0 Å². The van der Waals surface area contributed by atoms with E-state index in [4.69, 9.17) is 4.74 Å². The smallest absolute Gasteiger partial charge is 0.0465 e. The van der Waals surface area contributed by atoms with Gasteiger partial charge in [-0.2, -0.15) is 0 Å². The van der Waals surface area contributed by atoms with Crippen molar-refractivity contribution in [3.63, 3.8) is 0 Å². The van der Waals surface area contributed by atoms with Crippen molar-refractivity contribution in [1.82, 2.24) is 0 Å². The zero-order valence-electron chi connectivity index (χ0n) is 9.22. The van der Waals surface area contributed by atoms with E-state index in [2.05, 4.69) is 13.8 Å². The molecule has 1 aliphatic rings. The van der Waals surface area contributed by atoms with Crippen molar-refractivity contribution >= 4 is 8.80 Å². The van der Waals surface area contributed by atoms with Crippen LogP contribution in [-0.4, -0.2) is 22.0 Å². The lowest BCUT2D eigenvalue weighted by Crippen LogP contribution is -2.15. The summed E-state index contributed by atoms with van der Waals surface area (Å²) >= 11 is 0. The Morgan fingerprint density at radius 3 is 2.54 bits per heavy atom. The van der Waals surface area contributed by atoms with Gasteiger partial charge in [0.2, 0.25) is 0 Å². The SMILES string of the molecule is CCCOCCC(C)[SiH]1CCCC1. The van der Waals surface area contributed by atoms with Crippen LogP contribution >= 0.6 is 0 Å². The van der Waals surface area contributed by atoms with E-state index in [1.54, 1.807) is 12.1 Å². The molecule has 0 aliphatic carbocycles. The summed E-state index contributed by atoms with van der Waals surface area (Å²) in [6.45, 7) is 6.60. The van der Waals surface area contributed by atoms with E-state index >= 15 is 0 Å². The van der Waals surface area contributed by atoms with Crippen molar-refractivity contribution in [1.29, 1.82) is 0 Å². The van der Waals surface area contributed by atoms with Gasteiger partial charge in [0.25, 0.3) is 0 Å². The predicted octanol–water partition coefficient (Wildman–Crippen LogP) is 3.21. The fourth-order valence-electron chi connectivity index (χ4n) is 2.28. The van der Waals surface area contributed by atoms with Crippen LogP contribution in [0.5, 0.6) is 0 Å². The molecule has 13 heavy (non-hydrogen) atoms. The first kappa shape index (κ1) is 11.3. The Labute approximate surface area is 84.5 Å². The lowest BCUT2D eigenvalue weighted by atomic mass is 10.3. The van der Waals surface area contributed by atoms with Gasteiger partial charge in [-0.05, 0) is 18.4 Å². The third kappa shape index (κ3) is 4.27. The fourth-order valence-corrected chi connectivity index (χ4v) is 5.94. The molecule has 2 heteroatoms. The Kier molecular flexibility index (Phi) is 5.72. The highest BCUT2D eigenvalue weighted by molar-refractivity contribution is 6.61. The van der Waals surface area contributed by atoms with Gasteiger partial charge < -0.3 is 4.74 Å². The zero-order chi connectivity index (χ0) is 9.52. The maximum atomic E-state index is 5.54. The van der Waals surface area contributed by atoms with Crippen LogP contribution in [0.15, 0.2) is 0 Å². The second-order valence-corrected chi connectivity index (χ2v) is 8.24. The van der Waals surface area contributed by atoms with E-state index in [1.165, 1.54) is 19.3 Å². The maximum Gasteiger partial charge on any atom is 0.0465 e. The van der Waals surface area contributed by atoms with Crippen LogP contribution in [0.4, 0.5) is 0 Å². The van der Waals surface area contributed by atoms with Crippen LogP contribution in [0.2, 0.25) is 17.6 Å². The molecular formula is C11H24OSi. The van der Waals surface area contributed by atoms with Crippen molar-refractivity contribution in [2.24, 2.45) is 0 Å².